The van der Waals surface area contributed by atoms with Crippen molar-refractivity contribution in [1.29, 1.82) is 0 Å². The fourth-order valence-corrected chi connectivity index (χ4v) is 3.32. The first-order valence-corrected chi connectivity index (χ1v) is 8.32. The molecule has 2 aliphatic rings. The molecule has 1 aromatic rings. The highest BCUT2D eigenvalue weighted by atomic mass is 19.1. The Balaban J connectivity index is 1.43. The van der Waals surface area contributed by atoms with E-state index < -0.39 is 0 Å². The third-order valence-electron chi connectivity index (χ3n) is 5.16. The molecule has 3 nitrogen and oxygen atoms in total. The van der Waals surface area contributed by atoms with Crippen molar-refractivity contribution in [3.05, 3.63) is 35.1 Å². The number of guanidine groups is 1. The number of hydrogen-bond donors (Lipinski definition) is 2. The lowest BCUT2D eigenvalue weighted by Crippen LogP contribution is -2.41. The summed E-state index contributed by atoms with van der Waals surface area (Å²) in [6, 6.07) is 4.99. The van der Waals surface area contributed by atoms with Gasteiger partial charge in [0.1, 0.15) is 5.82 Å². The normalized spacial score (nSPS) is 19.9. The Hall–Kier alpha value is -1.58. The van der Waals surface area contributed by atoms with Crippen molar-refractivity contribution < 1.29 is 4.39 Å². The number of nitrogens with zero attached hydrogens (tertiary/aromatic N) is 1. The number of halogens is 1. The maximum absolute atomic E-state index is 13.1. The van der Waals surface area contributed by atoms with Gasteiger partial charge in [-0.1, -0.05) is 6.07 Å². The maximum atomic E-state index is 13.1. The van der Waals surface area contributed by atoms with Gasteiger partial charge in [0, 0.05) is 20.1 Å². The van der Waals surface area contributed by atoms with Crippen LogP contribution in [0, 0.1) is 24.1 Å². The Bertz CT molecular complexity index is 559. The second-order valence-electron chi connectivity index (χ2n) is 6.81. The van der Waals surface area contributed by atoms with Crippen molar-refractivity contribution in [2.45, 2.75) is 39.0 Å². The molecule has 0 bridgehead atoms. The predicted molar refractivity (Wildman–Crippen MR) is 88.6 cm³/mol. The summed E-state index contributed by atoms with van der Waals surface area (Å²) in [6.45, 7) is 3.81. The van der Waals surface area contributed by atoms with E-state index in [0.29, 0.717) is 5.41 Å². The van der Waals surface area contributed by atoms with Gasteiger partial charge in [-0.3, -0.25) is 4.99 Å². The molecule has 0 amide bonds. The summed E-state index contributed by atoms with van der Waals surface area (Å²) in [6.07, 6.45) is 6.45. The van der Waals surface area contributed by atoms with Gasteiger partial charge >= 0.3 is 0 Å². The predicted octanol–water partition coefficient (Wildman–Crippen LogP) is 3.03. The molecule has 2 aliphatic carbocycles. The van der Waals surface area contributed by atoms with E-state index in [-0.39, 0.29) is 5.82 Å². The molecule has 1 aromatic carbocycles. The molecular formula is C18H26FN3. The third kappa shape index (κ3) is 3.60. The minimum atomic E-state index is -0.165. The monoisotopic (exact) mass is 303 g/mol. The highest BCUT2D eigenvalue weighted by molar-refractivity contribution is 5.79. The van der Waals surface area contributed by atoms with E-state index in [1.54, 1.807) is 6.07 Å². The Kier molecular flexibility index (Phi) is 4.37. The van der Waals surface area contributed by atoms with Gasteiger partial charge in [-0.25, -0.2) is 4.39 Å². The van der Waals surface area contributed by atoms with E-state index in [9.17, 15) is 4.39 Å². The summed E-state index contributed by atoms with van der Waals surface area (Å²) >= 11 is 0. The SMILES string of the molecule is CN=C(NCCc1ccc(F)cc1C)NCC1(C2CC2)CC1. The Morgan fingerprint density at radius 1 is 1.32 bits per heavy atom. The minimum absolute atomic E-state index is 0.165. The van der Waals surface area contributed by atoms with Gasteiger partial charge in [-0.2, -0.15) is 0 Å². The molecular weight excluding hydrogens is 277 g/mol. The van der Waals surface area contributed by atoms with Crippen LogP contribution in [0.4, 0.5) is 4.39 Å². The lowest BCUT2D eigenvalue weighted by Gasteiger charge is -2.18. The van der Waals surface area contributed by atoms with Crippen LogP contribution < -0.4 is 10.6 Å². The lowest BCUT2D eigenvalue weighted by atomic mass is 10.0. The topological polar surface area (TPSA) is 36.4 Å². The molecule has 4 heteroatoms. The summed E-state index contributed by atoms with van der Waals surface area (Å²) in [5, 5.41) is 6.85. The maximum Gasteiger partial charge on any atom is 0.191 e. The highest BCUT2D eigenvalue weighted by Gasteiger charge is 2.53. The molecule has 0 unspecified atom stereocenters. The summed E-state index contributed by atoms with van der Waals surface area (Å²) in [5.41, 5.74) is 2.77. The molecule has 3 rings (SSSR count). The molecule has 0 aromatic heterocycles. The molecule has 120 valence electrons. The van der Waals surface area contributed by atoms with Gasteiger partial charge in [-0.05, 0) is 73.6 Å². The summed E-state index contributed by atoms with van der Waals surface area (Å²) in [4.78, 5) is 4.30. The Morgan fingerprint density at radius 3 is 2.68 bits per heavy atom. The first kappa shape index (κ1) is 15.3. The van der Waals surface area contributed by atoms with Gasteiger partial charge in [0.15, 0.2) is 5.96 Å². The number of nitrogens with one attached hydrogen (secondary N) is 2. The fourth-order valence-electron chi connectivity index (χ4n) is 3.32. The number of rotatable bonds is 6. The Morgan fingerprint density at radius 2 is 2.09 bits per heavy atom. The van der Waals surface area contributed by atoms with Crippen molar-refractivity contribution in [3.8, 4) is 0 Å². The van der Waals surface area contributed by atoms with Crippen molar-refractivity contribution in [3.63, 3.8) is 0 Å². The summed E-state index contributed by atoms with van der Waals surface area (Å²) in [7, 11) is 1.81. The number of benzene rings is 1. The number of aliphatic imine (C=N–C) groups is 1. The van der Waals surface area contributed by atoms with E-state index in [4.69, 9.17) is 0 Å². The smallest absolute Gasteiger partial charge is 0.191 e. The minimum Gasteiger partial charge on any atom is -0.356 e. The van der Waals surface area contributed by atoms with E-state index in [0.717, 1.165) is 37.0 Å². The van der Waals surface area contributed by atoms with Crippen LogP contribution in [0.5, 0.6) is 0 Å². The summed E-state index contributed by atoms with van der Waals surface area (Å²) < 4.78 is 13.1. The van der Waals surface area contributed by atoms with Crippen molar-refractivity contribution in [2.24, 2.45) is 16.3 Å². The van der Waals surface area contributed by atoms with Crippen LogP contribution in [0.1, 0.15) is 36.8 Å². The fraction of sp³-hybridized carbons (Fsp3) is 0.611. The highest BCUT2D eigenvalue weighted by Crippen LogP contribution is 2.60. The molecule has 0 aliphatic heterocycles. The van der Waals surface area contributed by atoms with Crippen molar-refractivity contribution >= 4 is 5.96 Å². The third-order valence-corrected chi connectivity index (χ3v) is 5.16. The molecule has 2 N–H and O–H groups in total. The van der Waals surface area contributed by atoms with Crippen molar-refractivity contribution in [2.75, 3.05) is 20.1 Å². The van der Waals surface area contributed by atoms with Gasteiger partial charge in [-0.15, -0.1) is 0 Å². The largest absolute Gasteiger partial charge is 0.356 e. The summed E-state index contributed by atoms with van der Waals surface area (Å²) in [5.74, 6) is 1.67. The van der Waals surface area contributed by atoms with Gasteiger partial charge in [0.2, 0.25) is 0 Å². The molecule has 0 spiro atoms. The zero-order valence-corrected chi connectivity index (χ0v) is 13.6. The molecule has 0 heterocycles. The van der Waals surface area contributed by atoms with Crippen molar-refractivity contribution in [1.82, 2.24) is 10.6 Å². The van der Waals surface area contributed by atoms with E-state index in [1.165, 1.54) is 37.3 Å². The molecule has 0 radical (unpaired) electrons. The zero-order chi connectivity index (χ0) is 15.6. The first-order chi connectivity index (χ1) is 10.6. The van der Waals surface area contributed by atoms with Crippen LogP contribution >= 0.6 is 0 Å². The molecule has 2 saturated carbocycles. The van der Waals surface area contributed by atoms with Gasteiger partial charge in [0.25, 0.3) is 0 Å². The molecule has 0 saturated heterocycles. The van der Waals surface area contributed by atoms with E-state index in [1.807, 2.05) is 20.0 Å². The average Bonchev–Trinajstić information content (AvgIpc) is 3.37. The molecule has 0 atom stereocenters. The van der Waals surface area contributed by atoms with Crippen LogP contribution in [0.3, 0.4) is 0 Å². The zero-order valence-electron chi connectivity index (χ0n) is 13.6. The van der Waals surface area contributed by atoms with E-state index in [2.05, 4.69) is 15.6 Å². The second kappa shape index (κ2) is 6.27. The molecule has 22 heavy (non-hydrogen) atoms. The van der Waals surface area contributed by atoms with Crippen LogP contribution in [0.25, 0.3) is 0 Å². The average molecular weight is 303 g/mol. The second-order valence-corrected chi connectivity index (χ2v) is 6.81. The lowest BCUT2D eigenvalue weighted by molar-refractivity contribution is 0.431. The van der Waals surface area contributed by atoms with Crippen LogP contribution in [-0.4, -0.2) is 26.1 Å². The van der Waals surface area contributed by atoms with E-state index >= 15 is 0 Å². The number of hydrogen-bond acceptors (Lipinski definition) is 1. The van der Waals surface area contributed by atoms with Gasteiger partial charge < -0.3 is 10.6 Å². The standard InChI is InChI=1S/C18H26FN3/c1-13-11-16(19)6-3-14(13)7-10-21-17(20-2)22-12-18(8-9-18)15-4-5-15/h3,6,11,15H,4-5,7-10,12H2,1-2H3,(H2,20,21,22). The quantitative estimate of drug-likeness (QED) is 0.626. The van der Waals surface area contributed by atoms with Crippen LogP contribution in [-0.2, 0) is 6.42 Å². The number of aryl methyl sites for hydroxylation is 1. The van der Waals surface area contributed by atoms with Gasteiger partial charge in [0.05, 0.1) is 0 Å². The molecule has 2 fully saturated rings. The first-order valence-electron chi connectivity index (χ1n) is 8.32. The van der Waals surface area contributed by atoms with Crippen LogP contribution in [0.2, 0.25) is 0 Å². The Labute approximate surface area is 132 Å². The van der Waals surface area contributed by atoms with Crippen LogP contribution in [0.15, 0.2) is 23.2 Å².